The summed E-state index contributed by atoms with van der Waals surface area (Å²) < 4.78 is 7.47. The van der Waals surface area contributed by atoms with Crippen molar-refractivity contribution in [3.8, 4) is 22.7 Å². The standard InChI is InChI=1S/C35H29ClN4O2S/c1-3-42-33-19-16-25(21-31(33)36)34-26(22-39(38-34)27-10-6-4-7-11-27)20-30-32(23-43-29-17-14-24(2)15-18-29)37-40(35(30)41)28-12-8-5-9-13-28/h4-22H,3,23H2,1-2H3. The first-order valence-corrected chi connectivity index (χ1v) is 15.3. The quantitative estimate of drug-likeness (QED) is 0.125. The normalized spacial score (nSPS) is 13.9. The van der Waals surface area contributed by atoms with Crippen LogP contribution in [-0.2, 0) is 4.79 Å². The van der Waals surface area contributed by atoms with Gasteiger partial charge in [-0.3, -0.25) is 4.79 Å². The largest absolute Gasteiger partial charge is 0.492 e. The molecule has 8 heteroatoms. The van der Waals surface area contributed by atoms with Crippen LogP contribution in [0.4, 0.5) is 5.69 Å². The highest BCUT2D eigenvalue weighted by Gasteiger charge is 2.31. The predicted molar refractivity (Wildman–Crippen MR) is 176 cm³/mol. The molecule has 1 aliphatic heterocycles. The summed E-state index contributed by atoms with van der Waals surface area (Å²) in [6.45, 7) is 4.50. The maximum absolute atomic E-state index is 13.9. The van der Waals surface area contributed by atoms with Crippen LogP contribution in [0.15, 0.2) is 125 Å². The van der Waals surface area contributed by atoms with Crippen LogP contribution < -0.4 is 9.75 Å². The number of halogens is 1. The minimum Gasteiger partial charge on any atom is -0.492 e. The molecule has 0 unspecified atom stereocenters. The molecule has 214 valence electrons. The lowest BCUT2D eigenvalue weighted by atomic mass is 10.0. The molecule has 0 spiro atoms. The molecule has 6 nitrogen and oxygen atoms in total. The van der Waals surface area contributed by atoms with Gasteiger partial charge in [0.2, 0.25) is 0 Å². The molecule has 0 aliphatic carbocycles. The van der Waals surface area contributed by atoms with E-state index in [-0.39, 0.29) is 5.91 Å². The van der Waals surface area contributed by atoms with Gasteiger partial charge in [-0.2, -0.15) is 15.2 Å². The lowest BCUT2D eigenvalue weighted by Crippen LogP contribution is -2.21. The van der Waals surface area contributed by atoms with E-state index in [1.165, 1.54) is 10.6 Å². The number of hydrogen-bond donors (Lipinski definition) is 0. The molecule has 0 atom stereocenters. The van der Waals surface area contributed by atoms with E-state index in [2.05, 4.69) is 31.2 Å². The molecule has 1 aromatic heterocycles. The van der Waals surface area contributed by atoms with Gasteiger partial charge in [-0.1, -0.05) is 65.7 Å². The Hall–Kier alpha value is -4.59. The number of ether oxygens (including phenoxy) is 1. The van der Waals surface area contributed by atoms with Gasteiger partial charge in [0.1, 0.15) is 11.4 Å². The second-order valence-corrected chi connectivity index (χ2v) is 11.4. The van der Waals surface area contributed by atoms with Crippen molar-refractivity contribution < 1.29 is 9.53 Å². The maximum atomic E-state index is 13.9. The van der Waals surface area contributed by atoms with E-state index in [1.54, 1.807) is 11.8 Å². The van der Waals surface area contributed by atoms with E-state index in [4.69, 9.17) is 26.5 Å². The molecule has 43 heavy (non-hydrogen) atoms. The van der Waals surface area contributed by atoms with E-state index in [9.17, 15) is 4.79 Å². The highest BCUT2D eigenvalue weighted by Crippen LogP contribution is 2.34. The number of nitrogens with zero attached hydrogens (tertiary/aromatic N) is 4. The molecule has 2 heterocycles. The van der Waals surface area contributed by atoms with Crippen molar-refractivity contribution in [1.29, 1.82) is 0 Å². The first-order chi connectivity index (χ1) is 21.0. The fourth-order valence-electron chi connectivity index (χ4n) is 4.75. The SMILES string of the molecule is CCOc1ccc(-c2nn(-c3ccccc3)cc2C=C2C(=O)N(c3ccccc3)N=C2CSc2ccc(C)cc2)cc1Cl. The summed E-state index contributed by atoms with van der Waals surface area (Å²) in [5, 5.41) is 11.7. The maximum Gasteiger partial charge on any atom is 0.280 e. The van der Waals surface area contributed by atoms with Gasteiger partial charge < -0.3 is 4.74 Å². The number of para-hydroxylation sites is 2. The number of carbonyl (C=O) groups excluding carboxylic acids is 1. The van der Waals surface area contributed by atoms with Crippen molar-refractivity contribution in [2.24, 2.45) is 5.10 Å². The minimum atomic E-state index is -0.186. The Balaban J connectivity index is 1.44. The zero-order valence-electron chi connectivity index (χ0n) is 23.8. The summed E-state index contributed by atoms with van der Waals surface area (Å²) >= 11 is 8.24. The van der Waals surface area contributed by atoms with Gasteiger partial charge in [0.25, 0.3) is 5.91 Å². The Kier molecular flexibility index (Phi) is 8.45. The monoisotopic (exact) mass is 604 g/mol. The van der Waals surface area contributed by atoms with E-state index in [0.717, 1.165) is 21.7 Å². The molecule has 0 radical (unpaired) electrons. The fraction of sp³-hybridized carbons (Fsp3) is 0.114. The summed E-state index contributed by atoms with van der Waals surface area (Å²) in [5.41, 5.74) is 6.31. The minimum absolute atomic E-state index is 0.186. The summed E-state index contributed by atoms with van der Waals surface area (Å²) in [6.07, 6.45) is 3.83. The zero-order chi connectivity index (χ0) is 29.8. The molecule has 5 aromatic rings. The average molecular weight is 605 g/mol. The Bertz CT molecular complexity index is 1820. The Morgan fingerprint density at radius 1 is 0.907 bits per heavy atom. The third-order valence-electron chi connectivity index (χ3n) is 6.92. The van der Waals surface area contributed by atoms with Gasteiger partial charge in [0.15, 0.2) is 0 Å². The summed E-state index contributed by atoms with van der Waals surface area (Å²) in [7, 11) is 0. The van der Waals surface area contributed by atoms with E-state index < -0.39 is 0 Å². The predicted octanol–water partition coefficient (Wildman–Crippen LogP) is 8.48. The fourth-order valence-corrected chi connectivity index (χ4v) is 5.83. The molecule has 1 amide bonds. The number of aromatic nitrogens is 2. The third-order valence-corrected chi connectivity index (χ3v) is 8.24. The van der Waals surface area contributed by atoms with Crippen LogP contribution in [0.2, 0.25) is 5.02 Å². The number of benzene rings is 4. The van der Waals surface area contributed by atoms with Crippen molar-refractivity contribution in [2.45, 2.75) is 18.7 Å². The third kappa shape index (κ3) is 6.28. The molecule has 0 saturated heterocycles. The van der Waals surface area contributed by atoms with Crippen LogP contribution >= 0.6 is 23.4 Å². The topological polar surface area (TPSA) is 59.7 Å². The van der Waals surface area contributed by atoms with Gasteiger partial charge in [-0.15, -0.1) is 11.8 Å². The Morgan fingerprint density at radius 2 is 1.60 bits per heavy atom. The van der Waals surface area contributed by atoms with Gasteiger partial charge in [0, 0.05) is 28.0 Å². The number of rotatable bonds is 9. The molecular formula is C35H29ClN4O2S. The molecule has 4 aromatic carbocycles. The van der Waals surface area contributed by atoms with Crippen molar-refractivity contribution in [2.75, 3.05) is 17.4 Å². The molecule has 0 fully saturated rings. The summed E-state index contributed by atoms with van der Waals surface area (Å²) in [5.74, 6) is 0.956. The highest BCUT2D eigenvalue weighted by molar-refractivity contribution is 8.00. The first-order valence-electron chi connectivity index (χ1n) is 14.0. The van der Waals surface area contributed by atoms with E-state index >= 15 is 0 Å². The molecule has 1 aliphatic rings. The lowest BCUT2D eigenvalue weighted by molar-refractivity contribution is -0.114. The second-order valence-electron chi connectivity index (χ2n) is 9.95. The zero-order valence-corrected chi connectivity index (χ0v) is 25.3. The molecule has 6 rings (SSSR count). The Labute approximate surface area is 260 Å². The summed E-state index contributed by atoms with van der Waals surface area (Å²) in [4.78, 5) is 15.1. The van der Waals surface area contributed by atoms with Gasteiger partial charge in [-0.25, -0.2) is 4.68 Å². The number of hydrazone groups is 1. The van der Waals surface area contributed by atoms with Crippen LogP contribution in [0.1, 0.15) is 18.1 Å². The molecule has 0 bridgehead atoms. The smallest absolute Gasteiger partial charge is 0.280 e. The number of hydrogen-bond acceptors (Lipinski definition) is 5. The van der Waals surface area contributed by atoms with Crippen LogP contribution in [0, 0.1) is 6.92 Å². The van der Waals surface area contributed by atoms with Crippen LogP contribution in [-0.4, -0.2) is 33.8 Å². The molecular weight excluding hydrogens is 576 g/mol. The van der Waals surface area contributed by atoms with Gasteiger partial charge in [-0.05, 0) is 74.5 Å². The number of amides is 1. The Morgan fingerprint density at radius 3 is 2.28 bits per heavy atom. The van der Waals surface area contributed by atoms with Crippen LogP contribution in [0.5, 0.6) is 5.75 Å². The van der Waals surface area contributed by atoms with Crippen LogP contribution in [0.3, 0.4) is 0 Å². The van der Waals surface area contributed by atoms with Crippen molar-refractivity contribution in [3.63, 3.8) is 0 Å². The first kappa shape index (κ1) is 28.5. The second kappa shape index (κ2) is 12.7. The number of anilines is 1. The van der Waals surface area contributed by atoms with Crippen molar-refractivity contribution in [1.82, 2.24) is 9.78 Å². The number of carbonyl (C=O) groups is 1. The number of thioether (sulfide) groups is 1. The van der Waals surface area contributed by atoms with E-state index in [0.29, 0.717) is 45.8 Å². The van der Waals surface area contributed by atoms with Crippen molar-refractivity contribution >= 4 is 46.7 Å². The highest BCUT2D eigenvalue weighted by atomic mass is 35.5. The van der Waals surface area contributed by atoms with Crippen LogP contribution in [0.25, 0.3) is 23.0 Å². The average Bonchev–Trinajstić information content (AvgIpc) is 3.60. The van der Waals surface area contributed by atoms with E-state index in [1.807, 2.05) is 103 Å². The van der Waals surface area contributed by atoms with Crippen molar-refractivity contribution in [3.05, 3.63) is 131 Å². The van der Waals surface area contributed by atoms with Gasteiger partial charge in [0.05, 0.1) is 34.3 Å². The number of aryl methyl sites for hydroxylation is 1. The molecule has 0 N–H and O–H groups in total. The molecule has 0 saturated carbocycles. The van der Waals surface area contributed by atoms with Gasteiger partial charge >= 0.3 is 0 Å². The summed E-state index contributed by atoms with van der Waals surface area (Å²) in [6, 6.07) is 33.4. The lowest BCUT2D eigenvalue weighted by Gasteiger charge is -2.11.